The summed E-state index contributed by atoms with van der Waals surface area (Å²) >= 11 is 0. The maximum Gasteiger partial charge on any atom is 0.237 e. The van der Waals surface area contributed by atoms with Gasteiger partial charge in [0.2, 0.25) is 5.88 Å². The minimum absolute atomic E-state index is 0.0653. The molecule has 1 aromatic carbocycles. The molecule has 1 heterocycles. The number of nitrogens with one attached hydrogen (secondary N) is 1. The van der Waals surface area contributed by atoms with Crippen LogP contribution in [0.25, 0.3) is 0 Å². The quantitative estimate of drug-likeness (QED) is 0.928. The molecule has 0 bridgehead atoms. The van der Waals surface area contributed by atoms with E-state index in [1.54, 1.807) is 12.4 Å². The number of benzene rings is 1. The molecular weight excluding hydrogens is 262 g/mol. The SMILES string of the molecule is Cc1ccc(Oc2cnc(CNC(C)(C)C)cn2)c(C)c1. The van der Waals surface area contributed by atoms with Crippen LogP contribution in [0.1, 0.15) is 37.6 Å². The predicted molar refractivity (Wildman–Crippen MR) is 84.6 cm³/mol. The van der Waals surface area contributed by atoms with Gasteiger partial charge in [0.15, 0.2) is 0 Å². The van der Waals surface area contributed by atoms with Gasteiger partial charge in [0.05, 0.1) is 18.1 Å². The molecule has 2 rings (SSSR count). The van der Waals surface area contributed by atoms with Crippen LogP contribution < -0.4 is 10.1 Å². The summed E-state index contributed by atoms with van der Waals surface area (Å²) in [5.41, 5.74) is 3.28. The lowest BCUT2D eigenvalue weighted by Crippen LogP contribution is -2.35. The molecule has 21 heavy (non-hydrogen) atoms. The van der Waals surface area contributed by atoms with Crippen molar-refractivity contribution in [1.82, 2.24) is 15.3 Å². The van der Waals surface area contributed by atoms with Crippen molar-refractivity contribution in [2.45, 2.75) is 46.7 Å². The second-order valence-electron chi connectivity index (χ2n) is 6.32. The average Bonchev–Trinajstić information content (AvgIpc) is 2.40. The van der Waals surface area contributed by atoms with Gasteiger partial charge in [-0.05, 0) is 46.2 Å². The zero-order valence-electron chi connectivity index (χ0n) is 13.4. The molecule has 0 saturated heterocycles. The number of hydrogen-bond acceptors (Lipinski definition) is 4. The fourth-order valence-electron chi connectivity index (χ4n) is 1.87. The first-order valence-electron chi connectivity index (χ1n) is 7.14. The van der Waals surface area contributed by atoms with Crippen LogP contribution >= 0.6 is 0 Å². The summed E-state index contributed by atoms with van der Waals surface area (Å²) in [5.74, 6) is 1.33. The van der Waals surface area contributed by atoms with Crippen LogP contribution in [-0.2, 0) is 6.54 Å². The van der Waals surface area contributed by atoms with E-state index in [-0.39, 0.29) is 5.54 Å². The Labute approximate surface area is 126 Å². The van der Waals surface area contributed by atoms with Crippen LogP contribution in [-0.4, -0.2) is 15.5 Å². The molecule has 0 atom stereocenters. The Balaban J connectivity index is 2.02. The highest BCUT2D eigenvalue weighted by Crippen LogP contribution is 2.23. The maximum atomic E-state index is 5.77. The van der Waals surface area contributed by atoms with Gasteiger partial charge in [-0.2, -0.15) is 0 Å². The molecule has 0 amide bonds. The monoisotopic (exact) mass is 285 g/mol. The number of aryl methyl sites for hydroxylation is 2. The van der Waals surface area contributed by atoms with E-state index in [0.717, 1.165) is 17.0 Å². The van der Waals surface area contributed by atoms with Gasteiger partial charge in [0, 0.05) is 12.1 Å². The van der Waals surface area contributed by atoms with Crippen molar-refractivity contribution in [2.75, 3.05) is 0 Å². The molecule has 0 fully saturated rings. The zero-order chi connectivity index (χ0) is 15.5. The van der Waals surface area contributed by atoms with Gasteiger partial charge in [-0.25, -0.2) is 4.98 Å². The highest BCUT2D eigenvalue weighted by molar-refractivity contribution is 5.37. The fraction of sp³-hybridized carbons (Fsp3) is 0.412. The van der Waals surface area contributed by atoms with Gasteiger partial charge in [-0.15, -0.1) is 0 Å². The Kier molecular flexibility index (Phi) is 4.58. The first-order valence-corrected chi connectivity index (χ1v) is 7.14. The third-order valence-corrected chi connectivity index (χ3v) is 3.03. The summed E-state index contributed by atoms with van der Waals surface area (Å²) in [7, 11) is 0. The van der Waals surface area contributed by atoms with E-state index < -0.39 is 0 Å². The molecule has 4 nitrogen and oxygen atoms in total. The van der Waals surface area contributed by atoms with Crippen molar-refractivity contribution >= 4 is 0 Å². The molecule has 0 aliphatic rings. The number of aromatic nitrogens is 2. The summed E-state index contributed by atoms with van der Waals surface area (Å²) in [5, 5.41) is 3.38. The summed E-state index contributed by atoms with van der Waals surface area (Å²) < 4.78 is 5.77. The van der Waals surface area contributed by atoms with E-state index in [2.05, 4.69) is 49.0 Å². The van der Waals surface area contributed by atoms with E-state index in [1.807, 2.05) is 19.1 Å². The fourth-order valence-corrected chi connectivity index (χ4v) is 1.87. The van der Waals surface area contributed by atoms with E-state index >= 15 is 0 Å². The average molecular weight is 285 g/mol. The van der Waals surface area contributed by atoms with E-state index in [4.69, 9.17) is 4.74 Å². The smallest absolute Gasteiger partial charge is 0.237 e. The van der Waals surface area contributed by atoms with E-state index in [1.165, 1.54) is 5.56 Å². The number of rotatable bonds is 4. The minimum Gasteiger partial charge on any atom is -0.437 e. The molecule has 0 aliphatic carbocycles. The lowest BCUT2D eigenvalue weighted by Gasteiger charge is -2.19. The van der Waals surface area contributed by atoms with Gasteiger partial charge in [0.25, 0.3) is 0 Å². The van der Waals surface area contributed by atoms with Crippen LogP contribution in [0.15, 0.2) is 30.6 Å². The first kappa shape index (κ1) is 15.4. The van der Waals surface area contributed by atoms with Gasteiger partial charge in [-0.3, -0.25) is 4.98 Å². The van der Waals surface area contributed by atoms with Gasteiger partial charge in [0.1, 0.15) is 5.75 Å². The molecule has 1 aromatic heterocycles. The highest BCUT2D eigenvalue weighted by atomic mass is 16.5. The van der Waals surface area contributed by atoms with Crippen LogP contribution in [0, 0.1) is 13.8 Å². The third-order valence-electron chi connectivity index (χ3n) is 3.03. The minimum atomic E-state index is 0.0653. The Bertz CT molecular complexity index is 600. The molecule has 4 heteroatoms. The lowest BCUT2D eigenvalue weighted by atomic mass is 10.1. The second-order valence-corrected chi connectivity index (χ2v) is 6.32. The molecule has 2 aromatic rings. The molecular formula is C17H23N3O. The maximum absolute atomic E-state index is 5.77. The number of nitrogens with zero attached hydrogens (tertiary/aromatic N) is 2. The topological polar surface area (TPSA) is 47.0 Å². The lowest BCUT2D eigenvalue weighted by molar-refractivity contribution is 0.418. The standard InChI is InChI=1S/C17H23N3O/c1-12-6-7-15(13(2)8-12)21-16-11-18-14(9-19-16)10-20-17(3,4)5/h6-9,11,20H,10H2,1-5H3. The van der Waals surface area contributed by atoms with Crippen LogP contribution in [0.5, 0.6) is 11.6 Å². The molecule has 112 valence electrons. The van der Waals surface area contributed by atoms with Crippen LogP contribution in [0.3, 0.4) is 0 Å². The Morgan fingerprint density at radius 1 is 1.10 bits per heavy atom. The summed E-state index contributed by atoms with van der Waals surface area (Å²) in [4.78, 5) is 8.69. The Morgan fingerprint density at radius 3 is 2.43 bits per heavy atom. The van der Waals surface area contributed by atoms with Crippen molar-refractivity contribution in [3.63, 3.8) is 0 Å². The molecule has 1 N–H and O–H groups in total. The first-order chi connectivity index (χ1) is 9.83. The molecule has 0 aliphatic heterocycles. The van der Waals surface area contributed by atoms with E-state index in [0.29, 0.717) is 12.4 Å². The normalized spacial score (nSPS) is 11.5. The zero-order valence-corrected chi connectivity index (χ0v) is 13.4. The molecule has 0 saturated carbocycles. The number of ether oxygens (including phenoxy) is 1. The summed E-state index contributed by atoms with van der Waals surface area (Å²) in [6, 6.07) is 6.07. The largest absolute Gasteiger partial charge is 0.437 e. The second kappa shape index (κ2) is 6.22. The Hall–Kier alpha value is -1.94. The van der Waals surface area contributed by atoms with Gasteiger partial charge >= 0.3 is 0 Å². The van der Waals surface area contributed by atoms with Crippen molar-refractivity contribution in [1.29, 1.82) is 0 Å². The van der Waals surface area contributed by atoms with Crippen molar-refractivity contribution in [3.8, 4) is 11.6 Å². The molecule has 0 spiro atoms. The Morgan fingerprint density at radius 2 is 1.86 bits per heavy atom. The van der Waals surface area contributed by atoms with Crippen LogP contribution in [0.4, 0.5) is 0 Å². The molecule has 0 radical (unpaired) electrons. The predicted octanol–water partition coefficient (Wildman–Crippen LogP) is 3.77. The van der Waals surface area contributed by atoms with Crippen molar-refractivity contribution < 1.29 is 4.74 Å². The highest BCUT2D eigenvalue weighted by Gasteiger charge is 2.09. The summed E-state index contributed by atoms with van der Waals surface area (Å²) in [6.07, 6.45) is 3.41. The third kappa shape index (κ3) is 4.83. The van der Waals surface area contributed by atoms with Gasteiger partial charge < -0.3 is 10.1 Å². The van der Waals surface area contributed by atoms with Crippen molar-refractivity contribution in [3.05, 3.63) is 47.4 Å². The van der Waals surface area contributed by atoms with Gasteiger partial charge in [-0.1, -0.05) is 17.7 Å². The number of hydrogen-bond donors (Lipinski definition) is 1. The summed E-state index contributed by atoms with van der Waals surface area (Å²) in [6.45, 7) is 11.2. The van der Waals surface area contributed by atoms with E-state index in [9.17, 15) is 0 Å². The molecule has 0 unspecified atom stereocenters. The van der Waals surface area contributed by atoms with Crippen molar-refractivity contribution in [2.24, 2.45) is 0 Å². The van der Waals surface area contributed by atoms with Crippen LogP contribution in [0.2, 0.25) is 0 Å².